The predicted molar refractivity (Wildman–Crippen MR) is 125 cm³/mol. The van der Waals surface area contributed by atoms with Gasteiger partial charge in [0.15, 0.2) is 17.3 Å². The largest absolute Gasteiger partial charge is 0.477 e. The van der Waals surface area contributed by atoms with Crippen LogP contribution in [0.5, 0.6) is 0 Å². The molecule has 1 atom stereocenters. The molecule has 0 unspecified atom stereocenters. The maximum atomic E-state index is 12.4. The molecule has 11 heteroatoms. The maximum absolute atomic E-state index is 12.4. The SMILES string of the molecule is C[C@@H]1COCCN1c1cc(N=S(C)(C)=O)nc(-c2cc(NC(C)(C)C)nc(C(=O)O)c2)n1. The van der Waals surface area contributed by atoms with E-state index >= 15 is 0 Å². The van der Waals surface area contributed by atoms with Gasteiger partial charge in [-0.15, -0.1) is 0 Å². The van der Waals surface area contributed by atoms with E-state index in [2.05, 4.69) is 24.5 Å². The zero-order valence-electron chi connectivity index (χ0n) is 19.2. The van der Waals surface area contributed by atoms with Gasteiger partial charge >= 0.3 is 5.97 Å². The number of nitrogens with zero attached hydrogens (tertiary/aromatic N) is 5. The summed E-state index contributed by atoms with van der Waals surface area (Å²) in [4.78, 5) is 27.2. The highest BCUT2D eigenvalue weighted by molar-refractivity contribution is 7.92. The first-order valence-corrected chi connectivity index (χ1v) is 12.6. The first-order chi connectivity index (χ1) is 14.8. The van der Waals surface area contributed by atoms with Gasteiger partial charge in [0.2, 0.25) is 0 Å². The lowest BCUT2D eigenvalue weighted by Gasteiger charge is -2.34. The fourth-order valence-electron chi connectivity index (χ4n) is 3.26. The summed E-state index contributed by atoms with van der Waals surface area (Å²) in [5.74, 6) is 0.418. The van der Waals surface area contributed by atoms with E-state index in [9.17, 15) is 14.1 Å². The molecule has 0 bridgehead atoms. The van der Waals surface area contributed by atoms with Crippen molar-refractivity contribution in [3.8, 4) is 11.4 Å². The van der Waals surface area contributed by atoms with Crippen LogP contribution in [0.25, 0.3) is 11.4 Å². The Balaban J connectivity index is 2.19. The van der Waals surface area contributed by atoms with E-state index in [1.807, 2.05) is 27.7 Å². The van der Waals surface area contributed by atoms with Gasteiger partial charge in [0.05, 0.1) is 19.3 Å². The third-order valence-corrected chi connectivity index (χ3v) is 5.11. The second-order valence-corrected chi connectivity index (χ2v) is 11.6. The summed E-state index contributed by atoms with van der Waals surface area (Å²) in [6.45, 7) is 9.65. The average molecular weight is 463 g/mol. The van der Waals surface area contributed by atoms with Crippen molar-refractivity contribution in [2.45, 2.75) is 39.3 Å². The van der Waals surface area contributed by atoms with Gasteiger partial charge in [-0.25, -0.2) is 24.0 Å². The molecule has 10 nitrogen and oxygen atoms in total. The molecule has 1 fully saturated rings. The minimum Gasteiger partial charge on any atom is -0.477 e. The van der Waals surface area contributed by atoms with Gasteiger partial charge in [0, 0.05) is 46.0 Å². The van der Waals surface area contributed by atoms with Gasteiger partial charge in [0.1, 0.15) is 11.6 Å². The molecule has 2 aromatic heterocycles. The molecule has 3 heterocycles. The lowest BCUT2D eigenvalue weighted by molar-refractivity contribution is 0.0690. The normalized spacial score (nSPS) is 17.2. The number of hydrogen-bond donors (Lipinski definition) is 2. The standard InChI is InChI=1S/C21H30N6O4S/c1-13-12-31-8-7-27(13)18-11-17(26-32(5,6)30)23-19(24-18)14-9-15(20(28)29)22-16(10-14)25-21(2,3)4/h9-11,13H,7-8,12H2,1-6H3,(H,22,25)(H,28,29)/t13-/m1/s1. The first kappa shape index (κ1) is 23.9. The summed E-state index contributed by atoms with van der Waals surface area (Å²) in [6, 6.07) is 4.92. The van der Waals surface area contributed by atoms with E-state index in [1.165, 1.54) is 18.6 Å². The quantitative estimate of drug-likeness (QED) is 0.688. The van der Waals surface area contributed by atoms with E-state index in [-0.39, 0.29) is 28.9 Å². The van der Waals surface area contributed by atoms with Crippen LogP contribution in [-0.2, 0) is 14.5 Å². The fraction of sp³-hybridized carbons (Fsp3) is 0.524. The molecule has 2 aromatic rings. The van der Waals surface area contributed by atoms with E-state index in [1.54, 1.807) is 12.1 Å². The van der Waals surface area contributed by atoms with Gasteiger partial charge in [-0.1, -0.05) is 0 Å². The molecule has 0 amide bonds. The minimum atomic E-state index is -2.47. The number of aromatic carboxylic acids is 1. The van der Waals surface area contributed by atoms with Crippen LogP contribution in [0, 0.1) is 0 Å². The number of anilines is 2. The molecule has 1 saturated heterocycles. The molecular formula is C21H30N6O4S. The number of carboxylic acids is 1. The molecule has 2 N–H and O–H groups in total. The summed E-state index contributed by atoms with van der Waals surface area (Å²) in [6.07, 6.45) is 3.07. The molecule has 32 heavy (non-hydrogen) atoms. The smallest absolute Gasteiger partial charge is 0.354 e. The van der Waals surface area contributed by atoms with Crippen molar-refractivity contribution >= 4 is 33.2 Å². The van der Waals surface area contributed by atoms with Gasteiger partial charge in [-0.3, -0.25) is 0 Å². The number of rotatable bonds is 5. The van der Waals surface area contributed by atoms with Crippen LogP contribution in [-0.4, -0.2) is 74.1 Å². The molecule has 0 saturated carbocycles. The third-order valence-electron chi connectivity index (χ3n) is 4.48. The Morgan fingerprint density at radius 3 is 2.56 bits per heavy atom. The van der Waals surface area contributed by atoms with Crippen LogP contribution in [0.4, 0.5) is 17.5 Å². The second-order valence-electron chi connectivity index (χ2n) is 9.10. The van der Waals surface area contributed by atoms with E-state index in [0.717, 1.165) is 0 Å². The van der Waals surface area contributed by atoms with Crippen LogP contribution in [0.1, 0.15) is 38.2 Å². The van der Waals surface area contributed by atoms with Crippen LogP contribution < -0.4 is 10.2 Å². The summed E-state index contributed by atoms with van der Waals surface area (Å²) in [5.41, 5.74) is 0.0161. The molecule has 174 valence electrons. The molecule has 3 rings (SSSR count). The Kier molecular flexibility index (Phi) is 6.70. The molecular weight excluding hydrogens is 432 g/mol. The van der Waals surface area contributed by atoms with Crippen LogP contribution in [0.15, 0.2) is 22.6 Å². The summed E-state index contributed by atoms with van der Waals surface area (Å²) < 4.78 is 22.1. The van der Waals surface area contributed by atoms with Crippen molar-refractivity contribution in [1.29, 1.82) is 0 Å². The zero-order chi connectivity index (χ0) is 23.7. The van der Waals surface area contributed by atoms with E-state index < -0.39 is 15.7 Å². The third kappa shape index (κ3) is 6.36. The number of nitrogens with one attached hydrogen (secondary N) is 1. The topological polar surface area (TPSA) is 130 Å². The van der Waals surface area contributed by atoms with E-state index in [4.69, 9.17) is 9.72 Å². The summed E-state index contributed by atoms with van der Waals surface area (Å²) >= 11 is 0. The lowest BCUT2D eigenvalue weighted by Crippen LogP contribution is -2.44. The Bertz CT molecular complexity index is 1130. The lowest BCUT2D eigenvalue weighted by atomic mass is 10.1. The van der Waals surface area contributed by atoms with E-state index in [0.29, 0.717) is 37.0 Å². The molecule has 0 radical (unpaired) electrons. The highest BCUT2D eigenvalue weighted by Crippen LogP contribution is 2.28. The Hall–Kier alpha value is -2.79. The number of pyridine rings is 1. The molecule has 1 aliphatic heterocycles. The van der Waals surface area contributed by atoms with Crippen LogP contribution >= 0.6 is 0 Å². The highest BCUT2D eigenvalue weighted by atomic mass is 32.2. The van der Waals surface area contributed by atoms with Crippen molar-refractivity contribution in [1.82, 2.24) is 15.0 Å². The predicted octanol–water partition coefficient (Wildman–Crippen LogP) is 3.03. The number of morpholine rings is 1. The minimum absolute atomic E-state index is 0.0806. The summed E-state index contributed by atoms with van der Waals surface area (Å²) in [5, 5.41) is 12.8. The highest BCUT2D eigenvalue weighted by Gasteiger charge is 2.23. The maximum Gasteiger partial charge on any atom is 0.354 e. The first-order valence-electron chi connectivity index (χ1n) is 10.3. The molecule has 0 aliphatic carbocycles. The number of carbonyl (C=O) groups is 1. The van der Waals surface area contributed by atoms with Crippen molar-refractivity contribution in [2.24, 2.45) is 4.36 Å². The van der Waals surface area contributed by atoms with Gasteiger partial charge in [0.25, 0.3) is 0 Å². The van der Waals surface area contributed by atoms with Crippen molar-refractivity contribution in [3.05, 3.63) is 23.9 Å². The Morgan fingerprint density at radius 2 is 1.97 bits per heavy atom. The Morgan fingerprint density at radius 1 is 1.25 bits per heavy atom. The monoisotopic (exact) mass is 462 g/mol. The number of ether oxygens (including phenoxy) is 1. The zero-order valence-corrected chi connectivity index (χ0v) is 20.1. The van der Waals surface area contributed by atoms with Crippen molar-refractivity contribution < 1.29 is 18.8 Å². The van der Waals surface area contributed by atoms with Gasteiger partial charge < -0.3 is 20.1 Å². The molecule has 1 aliphatic rings. The van der Waals surface area contributed by atoms with Gasteiger partial charge in [-0.05, 0) is 39.8 Å². The van der Waals surface area contributed by atoms with Crippen LogP contribution in [0.3, 0.4) is 0 Å². The fourth-order valence-corrected chi connectivity index (χ4v) is 3.80. The molecule has 0 spiro atoms. The average Bonchev–Trinajstić information content (AvgIpc) is 2.65. The summed E-state index contributed by atoms with van der Waals surface area (Å²) in [7, 11) is -2.47. The number of carboxylic acid groups (broad SMARTS) is 1. The number of aromatic nitrogens is 3. The Labute approximate surface area is 188 Å². The van der Waals surface area contributed by atoms with Gasteiger partial charge in [-0.2, -0.15) is 4.36 Å². The van der Waals surface area contributed by atoms with Crippen LogP contribution in [0.2, 0.25) is 0 Å². The molecule has 0 aromatic carbocycles. The number of hydrogen-bond acceptors (Lipinski definition) is 9. The second kappa shape index (κ2) is 8.99. The van der Waals surface area contributed by atoms with Crippen molar-refractivity contribution in [3.63, 3.8) is 0 Å². The van der Waals surface area contributed by atoms with Crippen molar-refractivity contribution in [2.75, 3.05) is 42.5 Å².